The van der Waals surface area contributed by atoms with Crippen molar-refractivity contribution >= 4 is 24.2 Å². The van der Waals surface area contributed by atoms with Crippen LogP contribution in [0.15, 0.2) is 24.3 Å². The van der Waals surface area contributed by atoms with Crippen molar-refractivity contribution in [3.05, 3.63) is 35.0 Å². The molecular formula is C12H13ClN2OS. The van der Waals surface area contributed by atoms with Crippen LogP contribution in [-0.4, -0.2) is 16.9 Å². The van der Waals surface area contributed by atoms with E-state index in [4.69, 9.17) is 16.3 Å². The SMILES string of the molecule is COc1ccc(-c2cc(CS)nn2C)cc1Cl. The maximum Gasteiger partial charge on any atom is 0.137 e. The van der Waals surface area contributed by atoms with Crippen LogP contribution in [0.5, 0.6) is 5.75 Å². The zero-order chi connectivity index (χ0) is 12.4. The first-order valence-corrected chi connectivity index (χ1v) is 6.14. The molecule has 17 heavy (non-hydrogen) atoms. The van der Waals surface area contributed by atoms with E-state index in [1.807, 2.05) is 36.0 Å². The first kappa shape index (κ1) is 12.3. The molecule has 0 atom stereocenters. The van der Waals surface area contributed by atoms with Gasteiger partial charge >= 0.3 is 0 Å². The molecule has 2 aromatic rings. The summed E-state index contributed by atoms with van der Waals surface area (Å²) in [5, 5.41) is 4.94. The molecule has 0 N–H and O–H groups in total. The Bertz CT molecular complexity index is 539. The lowest BCUT2D eigenvalue weighted by Gasteiger charge is -2.06. The van der Waals surface area contributed by atoms with Crippen molar-refractivity contribution in [2.75, 3.05) is 7.11 Å². The summed E-state index contributed by atoms with van der Waals surface area (Å²) in [5.41, 5.74) is 2.97. The highest BCUT2D eigenvalue weighted by Gasteiger charge is 2.09. The Morgan fingerprint density at radius 2 is 2.18 bits per heavy atom. The number of hydrogen-bond acceptors (Lipinski definition) is 3. The number of ether oxygens (including phenoxy) is 1. The maximum absolute atomic E-state index is 6.10. The molecule has 1 aromatic heterocycles. The number of thiol groups is 1. The number of methoxy groups -OCH3 is 1. The van der Waals surface area contributed by atoms with Gasteiger partial charge in [0.05, 0.1) is 23.5 Å². The lowest BCUT2D eigenvalue weighted by atomic mass is 10.1. The van der Waals surface area contributed by atoms with Crippen LogP contribution in [-0.2, 0) is 12.8 Å². The van der Waals surface area contributed by atoms with E-state index in [1.54, 1.807) is 7.11 Å². The number of benzene rings is 1. The van der Waals surface area contributed by atoms with Gasteiger partial charge in [-0.2, -0.15) is 17.7 Å². The van der Waals surface area contributed by atoms with Crippen molar-refractivity contribution in [2.24, 2.45) is 7.05 Å². The van der Waals surface area contributed by atoms with Crippen molar-refractivity contribution in [1.82, 2.24) is 9.78 Å². The van der Waals surface area contributed by atoms with E-state index in [0.717, 1.165) is 17.0 Å². The van der Waals surface area contributed by atoms with Crippen molar-refractivity contribution in [3.63, 3.8) is 0 Å². The van der Waals surface area contributed by atoms with E-state index in [0.29, 0.717) is 16.5 Å². The summed E-state index contributed by atoms with van der Waals surface area (Å²) in [5.74, 6) is 1.30. The van der Waals surface area contributed by atoms with Crippen LogP contribution in [0.4, 0.5) is 0 Å². The van der Waals surface area contributed by atoms with Crippen LogP contribution in [0.1, 0.15) is 5.69 Å². The number of halogens is 1. The largest absolute Gasteiger partial charge is 0.495 e. The molecule has 0 spiro atoms. The Kier molecular flexibility index (Phi) is 3.64. The van der Waals surface area contributed by atoms with Crippen molar-refractivity contribution in [3.8, 4) is 17.0 Å². The van der Waals surface area contributed by atoms with Gasteiger partial charge in [-0.05, 0) is 24.3 Å². The number of hydrogen-bond donors (Lipinski definition) is 1. The number of rotatable bonds is 3. The second-order valence-electron chi connectivity index (χ2n) is 3.65. The van der Waals surface area contributed by atoms with E-state index in [1.165, 1.54) is 0 Å². The fourth-order valence-electron chi connectivity index (χ4n) is 1.70. The Balaban J connectivity index is 2.45. The normalized spacial score (nSPS) is 10.6. The van der Waals surface area contributed by atoms with E-state index in [-0.39, 0.29) is 0 Å². The number of aryl methyl sites for hydroxylation is 1. The van der Waals surface area contributed by atoms with Crippen LogP contribution in [0.2, 0.25) is 5.02 Å². The summed E-state index contributed by atoms with van der Waals surface area (Å²) in [6.45, 7) is 0. The zero-order valence-electron chi connectivity index (χ0n) is 9.64. The van der Waals surface area contributed by atoms with Gasteiger partial charge in [-0.1, -0.05) is 11.6 Å². The van der Waals surface area contributed by atoms with E-state index in [9.17, 15) is 0 Å². The van der Waals surface area contributed by atoms with Gasteiger partial charge in [0.25, 0.3) is 0 Å². The summed E-state index contributed by atoms with van der Waals surface area (Å²) in [4.78, 5) is 0. The topological polar surface area (TPSA) is 27.1 Å². The summed E-state index contributed by atoms with van der Waals surface area (Å²) in [6.07, 6.45) is 0. The fraction of sp³-hybridized carbons (Fsp3) is 0.250. The lowest BCUT2D eigenvalue weighted by molar-refractivity contribution is 0.415. The Labute approximate surface area is 111 Å². The molecule has 0 saturated heterocycles. The second-order valence-corrected chi connectivity index (χ2v) is 4.38. The monoisotopic (exact) mass is 268 g/mol. The predicted molar refractivity (Wildman–Crippen MR) is 72.9 cm³/mol. The molecule has 90 valence electrons. The maximum atomic E-state index is 6.10. The molecule has 0 saturated carbocycles. The predicted octanol–water partition coefficient (Wildman–Crippen LogP) is 3.18. The molecule has 0 unspecified atom stereocenters. The van der Waals surface area contributed by atoms with Crippen molar-refractivity contribution < 1.29 is 4.74 Å². The molecular weight excluding hydrogens is 256 g/mol. The number of aromatic nitrogens is 2. The van der Waals surface area contributed by atoms with Gasteiger partial charge in [-0.3, -0.25) is 4.68 Å². The lowest BCUT2D eigenvalue weighted by Crippen LogP contribution is -1.94. The molecule has 0 aliphatic heterocycles. The van der Waals surface area contributed by atoms with Crippen LogP contribution in [0, 0.1) is 0 Å². The Hall–Kier alpha value is -1.13. The van der Waals surface area contributed by atoms with Gasteiger partial charge in [0.1, 0.15) is 5.75 Å². The van der Waals surface area contributed by atoms with Crippen molar-refractivity contribution in [1.29, 1.82) is 0 Å². The molecule has 1 aromatic carbocycles. The molecule has 5 heteroatoms. The molecule has 0 amide bonds. The third kappa shape index (κ3) is 2.42. The summed E-state index contributed by atoms with van der Waals surface area (Å²) < 4.78 is 6.95. The van der Waals surface area contributed by atoms with Crippen LogP contribution in [0.25, 0.3) is 11.3 Å². The highest BCUT2D eigenvalue weighted by Crippen LogP contribution is 2.30. The third-order valence-corrected chi connectivity index (χ3v) is 3.16. The molecule has 0 aliphatic carbocycles. The van der Waals surface area contributed by atoms with E-state index in [2.05, 4.69) is 17.7 Å². The molecule has 3 nitrogen and oxygen atoms in total. The zero-order valence-corrected chi connectivity index (χ0v) is 11.3. The van der Waals surface area contributed by atoms with Gasteiger partial charge in [0.15, 0.2) is 0 Å². The minimum absolute atomic E-state index is 0.596. The molecule has 0 bridgehead atoms. The summed E-state index contributed by atoms with van der Waals surface area (Å²) in [7, 11) is 3.50. The van der Waals surface area contributed by atoms with Crippen LogP contribution < -0.4 is 4.74 Å². The van der Waals surface area contributed by atoms with Gasteiger partial charge in [0.2, 0.25) is 0 Å². The van der Waals surface area contributed by atoms with Crippen LogP contribution >= 0.6 is 24.2 Å². The molecule has 0 fully saturated rings. The molecule has 1 heterocycles. The smallest absolute Gasteiger partial charge is 0.137 e. The fourth-order valence-corrected chi connectivity index (χ4v) is 2.11. The van der Waals surface area contributed by atoms with Gasteiger partial charge < -0.3 is 4.74 Å². The number of nitrogens with zero attached hydrogens (tertiary/aromatic N) is 2. The summed E-state index contributed by atoms with van der Waals surface area (Å²) >= 11 is 10.3. The highest BCUT2D eigenvalue weighted by molar-refractivity contribution is 7.79. The minimum Gasteiger partial charge on any atom is -0.495 e. The average molecular weight is 269 g/mol. The standard InChI is InChI=1S/C12H13ClN2OS/c1-15-11(6-9(7-17)14-15)8-3-4-12(16-2)10(13)5-8/h3-6,17H,7H2,1-2H3. The first-order valence-electron chi connectivity index (χ1n) is 5.13. The van der Waals surface area contributed by atoms with Gasteiger partial charge in [-0.15, -0.1) is 0 Å². The first-order chi connectivity index (χ1) is 8.15. The van der Waals surface area contributed by atoms with E-state index >= 15 is 0 Å². The molecule has 0 radical (unpaired) electrons. The Morgan fingerprint density at radius 3 is 2.71 bits per heavy atom. The average Bonchev–Trinajstić information content (AvgIpc) is 2.70. The highest BCUT2D eigenvalue weighted by atomic mass is 35.5. The molecule has 0 aliphatic rings. The second kappa shape index (κ2) is 5.02. The third-order valence-electron chi connectivity index (χ3n) is 2.54. The van der Waals surface area contributed by atoms with E-state index < -0.39 is 0 Å². The van der Waals surface area contributed by atoms with Gasteiger partial charge in [-0.25, -0.2) is 0 Å². The minimum atomic E-state index is 0.596. The van der Waals surface area contributed by atoms with Crippen LogP contribution in [0.3, 0.4) is 0 Å². The molecule has 2 rings (SSSR count). The van der Waals surface area contributed by atoms with Gasteiger partial charge in [0, 0.05) is 18.4 Å². The van der Waals surface area contributed by atoms with Crippen molar-refractivity contribution in [2.45, 2.75) is 5.75 Å². The quantitative estimate of drug-likeness (QED) is 0.866. The Morgan fingerprint density at radius 1 is 1.41 bits per heavy atom. The summed E-state index contributed by atoms with van der Waals surface area (Å²) in [6, 6.07) is 7.69.